The van der Waals surface area contributed by atoms with E-state index in [-0.39, 0.29) is 24.3 Å². The number of hydrogen-bond donors (Lipinski definition) is 2. The number of aryl methyl sites for hydroxylation is 1. The molecule has 6 heteroatoms. The van der Waals surface area contributed by atoms with Gasteiger partial charge in [0.05, 0.1) is 0 Å². The summed E-state index contributed by atoms with van der Waals surface area (Å²) >= 11 is 0. The van der Waals surface area contributed by atoms with Crippen molar-refractivity contribution in [3.05, 3.63) is 54.1 Å². The molecule has 0 saturated carbocycles. The Kier molecular flexibility index (Phi) is 6.49. The molecule has 0 bridgehead atoms. The maximum atomic E-state index is 12.4. The van der Waals surface area contributed by atoms with Crippen LogP contribution in [-0.2, 0) is 20.8 Å². The second-order valence-electron chi connectivity index (χ2n) is 5.94. The van der Waals surface area contributed by atoms with Gasteiger partial charge in [-0.3, -0.25) is 14.4 Å². The third-order valence-corrected chi connectivity index (χ3v) is 3.80. The Balaban J connectivity index is 2.08. The van der Waals surface area contributed by atoms with Crippen LogP contribution in [0.4, 0.5) is 17.1 Å². The molecule has 2 aromatic rings. The molecule has 0 aliphatic heterocycles. The molecule has 0 unspecified atom stereocenters. The van der Waals surface area contributed by atoms with Gasteiger partial charge in [-0.2, -0.15) is 0 Å². The van der Waals surface area contributed by atoms with Gasteiger partial charge in [-0.15, -0.1) is 0 Å². The third-order valence-electron chi connectivity index (χ3n) is 3.80. The molecule has 136 valence electrons. The molecule has 0 aliphatic carbocycles. The molecule has 0 spiro atoms. The number of carbonyl (C=O) groups excluding carboxylic acids is 3. The molecular weight excluding hydrogens is 330 g/mol. The second-order valence-corrected chi connectivity index (χ2v) is 5.94. The van der Waals surface area contributed by atoms with Gasteiger partial charge in [0, 0.05) is 30.9 Å². The highest BCUT2D eigenvalue weighted by Crippen LogP contribution is 2.18. The predicted octanol–water partition coefficient (Wildman–Crippen LogP) is 3.20. The van der Waals surface area contributed by atoms with Crippen molar-refractivity contribution in [2.24, 2.45) is 0 Å². The number of rotatable bonds is 6. The summed E-state index contributed by atoms with van der Waals surface area (Å²) in [6.45, 7) is 4.81. The lowest BCUT2D eigenvalue weighted by Gasteiger charge is -2.21. The van der Waals surface area contributed by atoms with Gasteiger partial charge in [0.2, 0.25) is 17.7 Å². The quantitative estimate of drug-likeness (QED) is 0.837. The summed E-state index contributed by atoms with van der Waals surface area (Å²) in [5.41, 5.74) is 2.98. The van der Waals surface area contributed by atoms with Crippen LogP contribution in [0.2, 0.25) is 0 Å². The Morgan fingerprint density at radius 1 is 0.923 bits per heavy atom. The summed E-state index contributed by atoms with van der Waals surface area (Å²) < 4.78 is 0. The highest BCUT2D eigenvalue weighted by atomic mass is 16.2. The fraction of sp³-hybridized carbons (Fsp3) is 0.250. The zero-order chi connectivity index (χ0) is 19.1. The average molecular weight is 353 g/mol. The van der Waals surface area contributed by atoms with Crippen molar-refractivity contribution in [1.29, 1.82) is 0 Å². The van der Waals surface area contributed by atoms with E-state index in [1.807, 2.05) is 24.3 Å². The SMILES string of the molecule is CCc1ccc(N(CC(=O)Nc2cccc(NC(C)=O)c2)C(C)=O)cc1. The Labute approximate surface area is 153 Å². The van der Waals surface area contributed by atoms with Crippen molar-refractivity contribution in [1.82, 2.24) is 0 Å². The third kappa shape index (κ3) is 5.44. The Hall–Kier alpha value is -3.15. The molecule has 26 heavy (non-hydrogen) atoms. The van der Waals surface area contributed by atoms with Crippen molar-refractivity contribution in [3.63, 3.8) is 0 Å². The summed E-state index contributed by atoms with van der Waals surface area (Å²) in [7, 11) is 0. The lowest BCUT2D eigenvalue weighted by molar-refractivity contribution is -0.120. The fourth-order valence-electron chi connectivity index (χ4n) is 2.52. The van der Waals surface area contributed by atoms with E-state index in [4.69, 9.17) is 0 Å². The predicted molar refractivity (Wildman–Crippen MR) is 103 cm³/mol. The van der Waals surface area contributed by atoms with E-state index in [1.165, 1.54) is 18.7 Å². The molecule has 2 rings (SSSR count). The second kappa shape index (κ2) is 8.80. The molecular formula is C20H23N3O3. The van der Waals surface area contributed by atoms with Gasteiger partial charge < -0.3 is 15.5 Å². The molecule has 0 aromatic heterocycles. The normalized spacial score (nSPS) is 10.1. The largest absolute Gasteiger partial charge is 0.326 e. The van der Waals surface area contributed by atoms with E-state index < -0.39 is 0 Å². The molecule has 2 aromatic carbocycles. The topological polar surface area (TPSA) is 78.5 Å². The van der Waals surface area contributed by atoms with Crippen LogP contribution >= 0.6 is 0 Å². The maximum Gasteiger partial charge on any atom is 0.244 e. The monoisotopic (exact) mass is 353 g/mol. The van der Waals surface area contributed by atoms with Crippen LogP contribution in [0.25, 0.3) is 0 Å². The van der Waals surface area contributed by atoms with E-state index >= 15 is 0 Å². The first-order chi connectivity index (χ1) is 12.4. The molecule has 0 aliphatic rings. The number of carbonyl (C=O) groups is 3. The number of hydrogen-bond acceptors (Lipinski definition) is 3. The number of nitrogens with zero attached hydrogens (tertiary/aromatic N) is 1. The smallest absolute Gasteiger partial charge is 0.244 e. The Bertz CT molecular complexity index is 800. The summed E-state index contributed by atoms with van der Waals surface area (Å²) in [5.74, 6) is -0.720. The number of benzene rings is 2. The fourth-order valence-corrected chi connectivity index (χ4v) is 2.52. The summed E-state index contributed by atoms with van der Waals surface area (Å²) in [5, 5.41) is 5.41. The highest BCUT2D eigenvalue weighted by molar-refractivity contribution is 6.02. The number of anilines is 3. The van der Waals surface area contributed by atoms with Gasteiger partial charge >= 0.3 is 0 Å². The first-order valence-electron chi connectivity index (χ1n) is 8.43. The van der Waals surface area contributed by atoms with Crippen LogP contribution in [-0.4, -0.2) is 24.3 Å². The van der Waals surface area contributed by atoms with Crippen LogP contribution < -0.4 is 15.5 Å². The van der Waals surface area contributed by atoms with Gasteiger partial charge in [0.1, 0.15) is 6.54 Å². The van der Waals surface area contributed by atoms with E-state index in [0.29, 0.717) is 17.1 Å². The van der Waals surface area contributed by atoms with E-state index in [2.05, 4.69) is 17.6 Å². The highest BCUT2D eigenvalue weighted by Gasteiger charge is 2.16. The Morgan fingerprint density at radius 3 is 2.08 bits per heavy atom. The minimum Gasteiger partial charge on any atom is -0.326 e. The van der Waals surface area contributed by atoms with E-state index in [0.717, 1.165) is 12.0 Å². The Morgan fingerprint density at radius 2 is 1.54 bits per heavy atom. The standard InChI is InChI=1S/C20H23N3O3/c1-4-16-8-10-19(11-9-16)23(15(3)25)13-20(26)22-18-7-5-6-17(12-18)21-14(2)24/h5-12H,4,13H2,1-3H3,(H,21,24)(H,22,26). The number of nitrogens with one attached hydrogen (secondary N) is 2. The van der Waals surface area contributed by atoms with Gasteiger partial charge in [0.15, 0.2) is 0 Å². The first-order valence-corrected chi connectivity index (χ1v) is 8.43. The van der Waals surface area contributed by atoms with Crippen LogP contribution in [0.5, 0.6) is 0 Å². The van der Waals surface area contributed by atoms with Gasteiger partial charge in [0.25, 0.3) is 0 Å². The van der Waals surface area contributed by atoms with Crippen LogP contribution in [0.15, 0.2) is 48.5 Å². The van der Waals surface area contributed by atoms with Crippen LogP contribution in [0.1, 0.15) is 26.3 Å². The lowest BCUT2D eigenvalue weighted by Crippen LogP contribution is -2.36. The molecule has 0 atom stereocenters. The minimum absolute atomic E-state index is 0.0921. The van der Waals surface area contributed by atoms with Crippen LogP contribution in [0, 0.1) is 0 Å². The van der Waals surface area contributed by atoms with Crippen molar-refractivity contribution in [2.45, 2.75) is 27.2 Å². The molecule has 0 heterocycles. The molecule has 6 nitrogen and oxygen atoms in total. The van der Waals surface area contributed by atoms with Crippen LogP contribution in [0.3, 0.4) is 0 Å². The summed E-state index contributed by atoms with van der Waals surface area (Å²) in [4.78, 5) is 36.9. The van der Waals surface area contributed by atoms with Crippen molar-refractivity contribution in [3.8, 4) is 0 Å². The summed E-state index contributed by atoms with van der Waals surface area (Å²) in [6.07, 6.45) is 0.908. The van der Waals surface area contributed by atoms with Gasteiger partial charge in [-0.25, -0.2) is 0 Å². The maximum absolute atomic E-state index is 12.4. The molecule has 0 fully saturated rings. The number of amides is 3. The van der Waals surface area contributed by atoms with Gasteiger partial charge in [-0.05, 0) is 42.3 Å². The van der Waals surface area contributed by atoms with Gasteiger partial charge in [-0.1, -0.05) is 25.1 Å². The molecule has 0 saturated heterocycles. The lowest BCUT2D eigenvalue weighted by atomic mass is 10.1. The molecule has 3 amide bonds. The van der Waals surface area contributed by atoms with Crippen molar-refractivity contribution in [2.75, 3.05) is 22.1 Å². The average Bonchev–Trinajstić information content (AvgIpc) is 2.59. The van der Waals surface area contributed by atoms with Crippen molar-refractivity contribution < 1.29 is 14.4 Å². The van der Waals surface area contributed by atoms with Crippen molar-refractivity contribution >= 4 is 34.8 Å². The first kappa shape index (κ1) is 19.2. The van der Waals surface area contributed by atoms with E-state index in [9.17, 15) is 14.4 Å². The molecule has 0 radical (unpaired) electrons. The zero-order valence-corrected chi connectivity index (χ0v) is 15.2. The van der Waals surface area contributed by atoms with E-state index in [1.54, 1.807) is 24.3 Å². The summed E-state index contributed by atoms with van der Waals surface area (Å²) in [6, 6.07) is 14.4. The zero-order valence-electron chi connectivity index (χ0n) is 15.2. The minimum atomic E-state index is -0.320. The molecule has 2 N–H and O–H groups in total.